The van der Waals surface area contributed by atoms with Crippen LogP contribution in [0.2, 0.25) is 0 Å². The number of fused-ring (bicyclic) bond motifs is 1. The van der Waals surface area contributed by atoms with Gasteiger partial charge in [0.15, 0.2) is 0 Å². The predicted molar refractivity (Wildman–Crippen MR) is 149 cm³/mol. The van der Waals surface area contributed by atoms with Gasteiger partial charge in [-0.3, -0.25) is 19.3 Å². The van der Waals surface area contributed by atoms with Gasteiger partial charge >= 0.3 is 0 Å². The lowest BCUT2D eigenvalue weighted by Gasteiger charge is -2.33. The molecule has 0 spiro atoms. The quantitative estimate of drug-likeness (QED) is 0.324. The van der Waals surface area contributed by atoms with E-state index < -0.39 is 0 Å². The molecule has 0 radical (unpaired) electrons. The molecular formula is C28H28BrN3O4S. The van der Waals surface area contributed by atoms with Gasteiger partial charge in [-0.15, -0.1) is 0 Å². The molecule has 3 amide bonds. The smallest absolute Gasteiger partial charge is 0.293 e. The van der Waals surface area contributed by atoms with E-state index in [9.17, 15) is 14.4 Å². The molecular weight excluding hydrogens is 554 g/mol. The highest BCUT2D eigenvalue weighted by Crippen LogP contribution is 2.35. The van der Waals surface area contributed by atoms with Crippen LogP contribution in [0.15, 0.2) is 64.1 Å². The normalized spacial score (nSPS) is 19.3. The Kier molecular flexibility index (Phi) is 7.71. The molecule has 5 rings (SSSR count). The monoisotopic (exact) mass is 581 g/mol. The van der Waals surface area contributed by atoms with Crippen molar-refractivity contribution in [1.29, 1.82) is 0 Å². The molecule has 3 heterocycles. The first-order valence-corrected chi connectivity index (χ1v) is 14.0. The Hall–Kier alpha value is -3.04. The van der Waals surface area contributed by atoms with E-state index in [2.05, 4.69) is 22.9 Å². The molecule has 2 aromatic carbocycles. The number of piperidine rings is 1. The van der Waals surface area contributed by atoms with Gasteiger partial charge in [-0.1, -0.05) is 34.1 Å². The highest BCUT2D eigenvalue weighted by molar-refractivity contribution is 9.10. The van der Waals surface area contributed by atoms with Crippen molar-refractivity contribution in [1.82, 2.24) is 14.4 Å². The summed E-state index contributed by atoms with van der Waals surface area (Å²) in [6.07, 6.45) is 6.87. The van der Waals surface area contributed by atoms with Gasteiger partial charge in [0.1, 0.15) is 18.9 Å². The number of halogens is 1. The number of carbonyl (C=O) groups is 3. The number of amides is 3. The van der Waals surface area contributed by atoms with Gasteiger partial charge in [-0.25, -0.2) is 0 Å². The Balaban J connectivity index is 1.35. The van der Waals surface area contributed by atoms with Crippen molar-refractivity contribution >= 4 is 61.7 Å². The third-order valence-corrected chi connectivity index (χ3v) is 8.19. The molecule has 3 aromatic rings. The van der Waals surface area contributed by atoms with Crippen LogP contribution in [-0.2, 0) is 16.1 Å². The average molecular weight is 583 g/mol. The molecule has 9 heteroatoms. The van der Waals surface area contributed by atoms with Crippen LogP contribution in [-0.4, -0.2) is 57.2 Å². The molecule has 0 saturated carbocycles. The second-order valence-corrected chi connectivity index (χ2v) is 11.2. The number of nitrogens with zero attached hydrogens (tertiary/aromatic N) is 3. The number of carbonyl (C=O) groups excluding carboxylic acids is 3. The lowest BCUT2D eigenvalue weighted by Crippen LogP contribution is -2.43. The van der Waals surface area contributed by atoms with Crippen LogP contribution in [0, 0.1) is 0 Å². The van der Waals surface area contributed by atoms with E-state index in [0.717, 1.165) is 58.5 Å². The molecule has 0 bridgehead atoms. The summed E-state index contributed by atoms with van der Waals surface area (Å²) in [6.45, 7) is 3.52. The van der Waals surface area contributed by atoms with Crippen LogP contribution in [0.25, 0.3) is 17.0 Å². The van der Waals surface area contributed by atoms with Crippen LogP contribution >= 0.6 is 27.7 Å². The Labute approximate surface area is 228 Å². The molecule has 2 fully saturated rings. The fraction of sp³-hybridized carbons (Fsp3) is 0.321. The van der Waals surface area contributed by atoms with Gasteiger partial charge in [0.2, 0.25) is 5.91 Å². The fourth-order valence-electron chi connectivity index (χ4n) is 4.85. The number of hydrogen-bond acceptors (Lipinski definition) is 5. The third-order valence-electron chi connectivity index (χ3n) is 6.79. The van der Waals surface area contributed by atoms with Crippen LogP contribution in [0.4, 0.5) is 4.79 Å². The Morgan fingerprint density at radius 1 is 1.16 bits per heavy atom. The summed E-state index contributed by atoms with van der Waals surface area (Å²) in [4.78, 5) is 42.4. The lowest BCUT2D eigenvalue weighted by atomic mass is 10.0. The molecule has 1 aromatic heterocycles. The van der Waals surface area contributed by atoms with Crippen LogP contribution in [0.5, 0.6) is 5.75 Å². The number of ether oxygens (including phenoxy) is 1. The SMILES string of the molecule is C[C@@H]1CCCCN1C(=O)Cn1cc(/C=C2\SC(=O)N(CCOc3ccccc3)C2=O)c2cc(Br)ccc21. The van der Waals surface area contributed by atoms with Crippen molar-refractivity contribution in [2.75, 3.05) is 19.7 Å². The molecule has 0 N–H and O–H groups in total. The Morgan fingerprint density at radius 2 is 1.97 bits per heavy atom. The van der Waals surface area contributed by atoms with E-state index in [0.29, 0.717) is 10.7 Å². The maximum atomic E-state index is 13.1. The van der Waals surface area contributed by atoms with Gasteiger partial charge in [0, 0.05) is 39.7 Å². The molecule has 192 valence electrons. The van der Waals surface area contributed by atoms with Crippen LogP contribution in [0.3, 0.4) is 0 Å². The minimum absolute atomic E-state index is 0.0947. The standard InChI is InChI=1S/C28H28BrN3O4S/c1-19-7-5-6-12-31(19)26(33)18-30-17-20(23-16-21(29)10-11-24(23)30)15-25-27(34)32(28(35)37-25)13-14-36-22-8-3-2-4-9-22/h2-4,8-11,15-17,19H,5-7,12-14,18H2,1H3/b25-15-/t19-/m1/s1. The summed E-state index contributed by atoms with van der Waals surface area (Å²) >= 11 is 4.46. The number of aromatic nitrogens is 1. The topological polar surface area (TPSA) is 71.8 Å². The highest BCUT2D eigenvalue weighted by atomic mass is 79.9. The van der Waals surface area contributed by atoms with Crippen molar-refractivity contribution in [3.05, 3.63) is 69.7 Å². The zero-order chi connectivity index (χ0) is 25.9. The molecule has 2 aliphatic heterocycles. The first kappa shape index (κ1) is 25.6. The van der Waals surface area contributed by atoms with E-state index in [1.54, 1.807) is 6.08 Å². The minimum Gasteiger partial charge on any atom is -0.492 e. The number of hydrogen-bond donors (Lipinski definition) is 0. The van der Waals surface area contributed by atoms with Crippen LogP contribution in [0.1, 0.15) is 31.7 Å². The van der Waals surface area contributed by atoms with Gasteiger partial charge in [0.25, 0.3) is 11.1 Å². The largest absolute Gasteiger partial charge is 0.492 e. The summed E-state index contributed by atoms with van der Waals surface area (Å²) < 4.78 is 8.50. The highest BCUT2D eigenvalue weighted by Gasteiger charge is 2.35. The van der Waals surface area contributed by atoms with E-state index in [1.807, 2.05) is 64.2 Å². The Morgan fingerprint density at radius 3 is 2.76 bits per heavy atom. The number of thioether (sulfide) groups is 1. The van der Waals surface area contributed by atoms with Gasteiger partial charge in [-0.2, -0.15) is 0 Å². The summed E-state index contributed by atoms with van der Waals surface area (Å²) in [6, 6.07) is 15.4. The first-order valence-electron chi connectivity index (χ1n) is 12.4. The predicted octanol–water partition coefficient (Wildman–Crippen LogP) is 5.92. The molecule has 1 atom stereocenters. The van der Waals surface area contributed by atoms with Crippen molar-refractivity contribution < 1.29 is 19.1 Å². The first-order chi connectivity index (χ1) is 17.9. The van der Waals surface area contributed by atoms with Crippen molar-refractivity contribution in [3.63, 3.8) is 0 Å². The second-order valence-electron chi connectivity index (χ2n) is 9.30. The van der Waals surface area contributed by atoms with E-state index in [4.69, 9.17) is 4.74 Å². The maximum absolute atomic E-state index is 13.1. The summed E-state index contributed by atoms with van der Waals surface area (Å²) in [5, 5.41) is 0.597. The van der Waals surface area contributed by atoms with E-state index >= 15 is 0 Å². The third kappa shape index (κ3) is 5.62. The summed E-state index contributed by atoms with van der Waals surface area (Å²) in [7, 11) is 0. The zero-order valence-electron chi connectivity index (χ0n) is 20.6. The molecule has 7 nitrogen and oxygen atoms in total. The van der Waals surface area contributed by atoms with Crippen molar-refractivity contribution in [3.8, 4) is 5.75 Å². The molecule has 2 aliphatic rings. The fourth-order valence-corrected chi connectivity index (χ4v) is 6.07. The number of imide groups is 1. The van der Waals surface area contributed by atoms with Gasteiger partial charge < -0.3 is 14.2 Å². The van der Waals surface area contributed by atoms with E-state index in [1.165, 1.54) is 4.90 Å². The molecule has 37 heavy (non-hydrogen) atoms. The summed E-state index contributed by atoms with van der Waals surface area (Å²) in [5.74, 6) is 0.454. The van der Waals surface area contributed by atoms with Gasteiger partial charge in [-0.05, 0) is 74.4 Å². The molecule has 2 saturated heterocycles. The number of benzene rings is 2. The van der Waals surface area contributed by atoms with E-state index in [-0.39, 0.29) is 42.8 Å². The van der Waals surface area contributed by atoms with Gasteiger partial charge in [0.05, 0.1) is 11.4 Å². The minimum atomic E-state index is -0.333. The zero-order valence-corrected chi connectivity index (χ0v) is 23.0. The van der Waals surface area contributed by atoms with Crippen molar-refractivity contribution in [2.45, 2.75) is 38.8 Å². The van der Waals surface area contributed by atoms with Crippen LogP contribution < -0.4 is 4.74 Å². The summed E-state index contributed by atoms with van der Waals surface area (Å²) in [5.41, 5.74) is 1.70. The average Bonchev–Trinajstić information content (AvgIpc) is 3.35. The lowest BCUT2D eigenvalue weighted by molar-refractivity contribution is -0.135. The number of para-hydroxylation sites is 1. The van der Waals surface area contributed by atoms with Crippen molar-refractivity contribution in [2.24, 2.45) is 0 Å². The Bertz CT molecular complexity index is 1370. The number of likely N-dealkylation sites (tertiary alicyclic amines) is 1. The number of rotatable bonds is 7. The molecule has 0 unspecified atom stereocenters. The maximum Gasteiger partial charge on any atom is 0.293 e. The molecule has 0 aliphatic carbocycles. The second kappa shape index (κ2) is 11.1.